The van der Waals surface area contributed by atoms with E-state index in [1.54, 1.807) is 0 Å². The third kappa shape index (κ3) is 5.60. The summed E-state index contributed by atoms with van der Waals surface area (Å²) in [6, 6.07) is -0.0101. The first-order valence-electron chi connectivity index (χ1n) is 5.16. The second-order valence-electron chi connectivity index (χ2n) is 4.70. The van der Waals surface area contributed by atoms with Crippen molar-refractivity contribution in [1.29, 1.82) is 0 Å². The Balaban J connectivity index is 4.27. The highest BCUT2D eigenvalue weighted by Gasteiger charge is 2.27. The molecule has 0 saturated heterocycles. The van der Waals surface area contributed by atoms with Crippen molar-refractivity contribution in [1.82, 2.24) is 4.72 Å². The van der Waals surface area contributed by atoms with E-state index in [2.05, 4.69) is 25.5 Å². The van der Waals surface area contributed by atoms with Gasteiger partial charge in [0.15, 0.2) is 0 Å². The third-order valence-corrected chi connectivity index (χ3v) is 3.52. The molecule has 86 valence electrons. The molecule has 0 spiro atoms. The van der Waals surface area contributed by atoms with Crippen molar-refractivity contribution in [3.05, 3.63) is 0 Å². The second kappa shape index (κ2) is 5.12. The Bertz CT molecular complexity index is 257. The van der Waals surface area contributed by atoms with Gasteiger partial charge in [0.2, 0.25) is 10.0 Å². The summed E-state index contributed by atoms with van der Waals surface area (Å²) in [6.07, 6.45) is 4.55. The Labute approximate surface area is 88.3 Å². The van der Waals surface area contributed by atoms with Crippen LogP contribution in [0.5, 0.6) is 0 Å². The fraction of sp³-hybridized carbons (Fsp3) is 1.00. The molecule has 0 unspecified atom stereocenters. The van der Waals surface area contributed by atoms with Crippen molar-refractivity contribution >= 4 is 10.0 Å². The van der Waals surface area contributed by atoms with Gasteiger partial charge >= 0.3 is 0 Å². The smallest absolute Gasteiger partial charge is 0.208 e. The minimum Gasteiger partial charge on any atom is -0.213 e. The highest BCUT2D eigenvalue weighted by atomic mass is 32.2. The lowest BCUT2D eigenvalue weighted by Gasteiger charge is -2.31. The molecule has 0 aliphatic carbocycles. The largest absolute Gasteiger partial charge is 0.213 e. The maximum Gasteiger partial charge on any atom is 0.208 e. The molecule has 0 aliphatic heterocycles. The van der Waals surface area contributed by atoms with Crippen LogP contribution in [-0.2, 0) is 10.0 Å². The summed E-state index contributed by atoms with van der Waals surface area (Å²) in [5, 5.41) is 0. The van der Waals surface area contributed by atoms with Crippen LogP contribution in [0.25, 0.3) is 0 Å². The van der Waals surface area contributed by atoms with E-state index in [4.69, 9.17) is 0 Å². The van der Waals surface area contributed by atoms with Gasteiger partial charge < -0.3 is 0 Å². The first-order chi connectivity index (χ1) is 6.19. The van der Waals surface area contributed by atoms with Gasteiger partial charge in [-0.2, -0.15) is 0 Å². The fourth-order valence-corrected chi connectivity index (χ4v) is 2.29. The van der Waals surface area contributed by atoms with E-state index < -0.39 is 10.0 Å². The summed E-state index contributed by atoms with van der Waals surface area (Å²) in [4.78, 5) is 0. The maximum atomic E-state index is 11.1. The van der Waals surface area contributed by atoms with Crippen molar-refractivity contribution in [2.24, 2.45) is 5.41 Å². The minimum absolute atomic E-state index is 0.0101. The van der Waals surface area contributed by atoms with E-state index in [0.29, 0.717) is 0 Å². The molecule has 1 atom stereocenters. The lowest BCUT2D eigenvalue weighted by molar-refractivity contribution is 0.254. The number of nitrogens with one attached hydrogen (secondary N) is 1. The molecule has 0 fully saturated rings. The molecule has 0 heterocycles. The van der Waals surface area contributed by atoms with Crippen LogP contribution in [0.1, 0.15) is 47.0 Å². The summed E-state index contributed by atoms with van der Waals surface area (Å²) >= 11 is 0. The zero-order valence-corrected chi connectivity index (χ0v) is 10.7. The van der Waals surface area contributed by atoms with Gasteiger partial charge in [0.1, 0.15) is 0 Å². The van der Waals surface area contributed by atoms with Crippen molar-refractivity contribution in [3.8, 4) is 0 Å². The molecule has 4 heteroatoms. The summed E-state index contributed by atoms with van der Waals surface area (Å²) < 4.78 is 24.7. The molecule has 14 heavy (non-hydrogen) atoms. The van der Waals surface area contributed by atoms with Crippen molar-refractivity contribution in [3.63, 3.8) is 0 Å². The molecule has 0 bridgehead atoms. The van der Waals surface area contributed by atoms with E-state index in [-0.39, 0.29) is 11.5 Å². The third-order valence-electron chi connectivity index (χ3n) is 2.74. The van der Waals surface area contributed by atoms with E-state index in [0.717, 1.165) is 19.3 Å². The Kier molecular flexibility index (Phi) is 5.09. The maximum absolute atomic E-state index is 11.1. The molecule has 0 saturated carbocycles. The number of hydrogen-bond acceptors (Lipinski definition) is 2. The predicted octanol–water partition coefficient (Wildman–Crippen LogP) is 2.14. The number of sulfonamides is 1. The fourth-order valence-electron chi connectivity index (χ4n) is 1.33. The number of unbranched alkanes of at least 4 members (excludes halogenated alkanes) is 1. The first kappa shape index (κ1) is 13.9. The molecule has 0 rings (SSSR count). The Morgan fingerprint density at radius 1 is 1.36 bits per heavy atom. The summed E-state index contributed by atoms with van der Waals surface area (Å²) in [5.74, 6) is 0. The SMILES string of the molecule is CCCCC(C)(C)[C@H](C)NS(C)(=O)=O. The summed E-state index contributed by atoms with van der Waals surface area (Å²) in [5.41, 5.74) is 0.0269. The summed E-state index contributed by atoms with van der Waals surface area (Å²) in [7, 11) is -3.08. The summed E-state index contributed by atoms with van der Waals surface area (Å²) in [6.45, 7) is 8.28. The average molecular weight is 221 g/mol. The highest BCUT2D eigenvalue weighted by Crippen LogP contribution is 2.27. The monoisotopic (exact) mass is 221 g/mol. The van der Waals surface area contributed by atoms with E-state index in [1.165, 1.54) is 6.26 Å². The number of hydrogen-bond donors (Lipinski definition) is 1. The Hall–Kier alpha value is -0.0900. The normalized spacial score (nSPS) is 15.5. The van der Waals surface area contributed by atoms with E-state index in [9.17, 15) is 8.42 Å². The van der Waals surface area contributed by atoms with E-state index in [1.807, 2.05) is 6.92 Å². The van der Waals surface area contributed by atoms with Crippen LogP contribution in [0.15, 0.2) is 0 Å². The highest BCUT2D eigenvalue weighted by molar-refractivity contribution is 7.88. The van der Waals surface area contributed by atoms with Crippen molar-refractivity contribution in [2.75, 3.05) is 6.26 Å². The molecule has 0 radical (unpaired) electrons. The quantitative estimate of drug-likeness (QED) is 0.747. The molecule has 0 aromatic heterocycles. The van der Waals surface area contributed by atoms with Crippen molar-refractivity contribution < 1.29 is 8.42 Å². The van der Waals surface area contributed by atoms with Crippen LogP contribution in [0.3, 0.4) is 0 Å². The zero-order valence-electron chi connectivity index (χ0n) is 9.92. The lowest BCUT2D eigenvalue weighted by atomic mass is 9.81. The second-order valence-corrected chi connectivity index (χ2v) is 6.48. The molecule has 3 nitrogen and oxygen atoms in total. The molecular formula is C10H23NO2S. The van der Waals surface area contributed by atoms with Crippen LogP contribution in [0, 0.1) is 5.41 Å². The van der Waals surface area contributed by atoms with Crippen molar-refractivity contribution in [2.45, 2.75) is 53.0 Å². The van der Waals surface area contributed by atoms with Crippen LogP contribution < -0.4 is 4.72 Å². The number of rotatable bonds is 6. The topological polar surface area (TPSA) is 46.2 Å². The van der Waals surface area contributed by atoms with Gasteiger partial charge in [0.05, 0.1) is 6.26 Å². The molecule has 0 aliphatic rings. The van der Waals surface area contributed by atoms with Gasteiger partial charge in [-0.05, 0) is 18.8 Å². The van der Waals surface area contributed by atoms with Gasteiger partial charge in [-0.3, -0.25) is 0 Å². The first-order valence-corrected chi connectivity index (χ1v) is 7.05. The van der Waals surface area contributed by atoms with Gasteiger partial charge in [-0.1, -0.05) is 33.6 Å². The molecule has 0 aromatic carbocycles. The van der Waals surface area contributed by atoms with Crippen LogP contribution in [0.2, 0.25) is 0 Å². The van der Waals surface area contributed by atoms with Gasteiger partial charge in [0.25, 0.3) is 0 Å². The minimum atomic E-state index is -3.08. The molecule has 0 amide bonds. The average Bonchev–Trinajstić information content (AvgIpc) is 1.97. The molecular weight excluding hydrogens is 198 g/mol. The lowest BCUT2D eigenvalue weighted by Crippen LogP contribution is -2.42. The van der Waals surface area contributed by atoms with Gasteiger partial charge in [-0.25, -0.2) is 13.1 Å². The Morgan fingerprint density at radius 3 is 2.21 bits per heavy atom. The predicted molar refractivity (Wildman–Crippen MR) is 60.7 cm³/mol. The van der Waals surface area contributed by atoms with Gasteiger partial charge in [-0.15, -0.1) is 0 Å². The van der Waals surface area contributed by atoms with Gasteiger partial charge in [0, 0.05) is 6.04 Å². The standard InChI is InChI=1S/C10H23NO2S/c1-6-7-8-10(3,4)9(2)11-14(5,12)13/h9,11H,6-8H2,1-5H3/t9-/m0/s1. The Morgan fingerprint density at radius 2 is 1.86 bits per heavy atom. The van der Waals surface area contributed by atoms with Crippen LogP contribution in [0.4, 0.5) is 0 Å². The zero-order chi connectivity index (χ0) is 11.4. The van der Waals surface area contributed by atoms with Crippen LogP contribution in [-0.4, -0.2) is 20.7 Å². The molecule has 1 N–H and O–H groups in total. The van der Waals surface area contributed by atoms with Crippen LogP contribution >= 0.6 is 0 Å². The van der Waals surface area contributed by atoms with E-state index >= 15 is 0 Å². The molecule has 0 aromatic rings.